The van der Waals surface area contributed by atoms with Crippen molar-refractivity contribution in [3.63, 3.8) is 0 Å². The van der Waals surface area contributed by atoms with Gasteiger partial charge in [0.15, 0.2) is 0 Å². The zero-order valence-corrected chi connectivity index (χ0v) is 55.2. The average molecular weight is 1300 g/mol. The van der Waals surface area contributed by atoms with E-state index in [-0.39, 0.29) is 25.3 Å². The third-order valence-electron chi connectivity index (χ3n) is 15.8. The van der Waals surface area contributed by atoms with Gasteiger partial charge in [-0.05, 0) is 80.8 Å². The first-order chi connectivity index (χ1) is 44.7. The van der Waals surface area contributed by atoms with E-state index in [1.165, 1.54) is 11.8 Å². The monoisotopic (exact) mass is 1300 g/mol. The van der Waals surface area contributed by atoms with Crippen molar-refractivity contribution >= 4 is 65.2 Å². The van der Waals surface area contributed by atoms with Gasteiger partial charge in [0.25, 0.3) is 0 Å². The summed E-state index contributed by atoms with van der Waals surface area (Å²) in [5.41, 5.74) is 7.50. The number of amides is 8. The first kappa shape index (κ1) is 72.1. The molecule has 1 saturated heterocycles. The number of nitrogens with one attached hydrogen (secondary N) is 7. The van der Waals surface area contributed by atoms with Crippen molar-refractivity contribution in [2.75, 3.05) is 31.9 Å². The van der Waals surface area contributed by atoms with E-state index in [0.29, 0.717) is 23.1 Å². The van der Waals surface area contributed by atoms with Crippen molar-refractivity contribution < 1.29 is 57.7 Å². The molecule has 6 aromatic carbocycles. The number of carboxylic acid groups (broad SMARTS) is 1. The fourth-order valence-corrected chi connectivity index (χ4v) is 12.8. The molecule has 0 bridgehead atoms. The normalized spacial score (nSPS) is 15.7. The fraction of sp³-hybridized carbons (Fsp3) is 0.375. The van der Waals surface area contributed by atoms with Crippen LogP contribution in [0.3, 0.4) is 0 Å². The number of hydrogen-bond acceptors (Lipinski definition) is 13. The molecule has 21 nitrogen and oxygen atoms in total. The van der Waals surface area contributed by atoms with E-state index in [2.05, 4.69) is 37.2 Å². The van der Waals surface area contributed by atoms with Crippen molar-refractivity contribution in [2.24, 2.45) is 11.7 Å². The maximum Gasteiger partial charge on any atom is 0.407 e. The Labute approximate surface area is 553 Å². The summed E-state index contributed by atoms with van der Waals surface area (Å²) in [6.07, 6.45) is -1.95. The molecule has 1 aliphatic rings. The standard InChI is InChI=1S/C72H87N9O12S/c1-9-47(2)62(79-61(84)44-74-63(85)55(73)42-76-68(91)93-70(6,7)8)65(87)75-43-60(83)77-57(46-94-72(51-34-22-13-23-35-51,52-36-24-14-25-37-52)53-38-26-15-27-39-53)64(86)78-56(66(88)81-45-54(92-69(3,4)5)40-58(81)67(89)90)41-59(82)80-71(48-28-16-10-17-29-48,49-30-18-11-19-31-49)50-32-20-12-21-33-50/h10-39,47,54-58,62H,9,40-46,73H2,1-8H3,(H,74,85)(H,75,87)(H,76,91)(H,77,83)(H,78,86)(H,79,84)(H,80,82)(H,89,90)/t47-,54+,55-,56-,57-,58-,62-/m0/s1. The molecule has 0 saturated carbocycles. The molecule has 498 valence electrons. The summed E-state index contributed by atoms with van der Waals surface area (Å²) >= 11 is 1.31. The van der Waals surface area contributed by atoms with Gasteiger partial charge in [0.2, 0.25) is 41.4 Å². The predicted octanol–water partition coefficient (Wildman–Crippen LogP) is 6.66. The van der Waals surface area contributed by atoms with Gasteiger partial charge in [0.1, 0.15) is 41.3 Å². The topological polar surface area (TPSA) is 306 Å². The summed E-state index contributed by atoms with van der Waals surface area (Å²) in [6.45, 7) is 12.1. The average Bonchev–Trinajstić information content (AvgIpc) is 0.929. The van der Waals surface area contributed by atoms with Crippen molar-refractivity contribution in [2.45, 2.75) is 132 Å². The SMILES string of the molecule is CC[C@H](C)[C@H](NC(=O)CNC(=O)[C@@H](N)CNC(=O)OC(C)(C)C)C(=O)NCC(=O)N[C@@H](CSC(c1ccccc1)(c1ccccc1)c1ccccc1)C(=O)N[C@@H](CC(=O)NC(c1ccccc1)(c1ccccc1)c1ccccc1)C(=O)N1C[C@H](OC(C)(C)C)C[C@H]1C(=O)O. The highest BCUT2D eigenvalue weighted by Crippen LogP contribution is 2.49. The van der Waals surface area contributed by atoms with Crippen LogP contribution in [-0.4, -0.2) is 143 Å². The molecule has 0 radical (unpaired) electrons. The van der Waals surface area contributed by atoms with Crippen LogP contribution in [-0.2, 0) is 58.1 Å². The molecule has 8 amide bonds. The smallest absolute Gasteiger partial charge is 0.407 e. The number of carbonyl (C=O) groups is 9. The first-order valence-corrected chi connectivity index (χ1v) is 32.4. The molecular weight excluding hydrogens is 1210 g/mol. The molecule has 94 heavy (non-hydrogen) atoms. The Morgan fingerprint density at radius 2 is 1.00 bits per heavy atom. The summed E-state index contributed by atoms with van der Waals surface area (Å²) in [7, 11) is 0. The highest BCUT2D eigenvalue weighted by molar-refractivity contribution is 8.00. The minimum Gasteiger partial charge on any atom is -0.480 e. The Bertz CT molecular complexity index is 3330. The van der Waals surface area contributed by atoms with Gasteiger partial charge in [-0.25, -0.2) is 9.59 Å². The second kappa shape index (κ2) is 32.9. The van der Waals surface area contributed by atoms with Gasteiger partial charge in [-0.1, -0.05) is 202 Å². The third kappa shape index (κ3) is 19.4. The molecule has 7 rings (SSSR count). The van der Waals surface area contributed by atoms with E-state index in [1.54, 1.807) is 34.6 Å². The van der Waals surface area contributed by atoms with Gasteiger partial charge in [0, 0.05) is 25.3 Å². The summed E-state index contributed by atoms with van der Waals surface area (Å²) in [5.74, 6) is -7.73. The molecule has 10 N–H and O–H groups in total. The van der Waals surface area contributed by atoms with Crippen LogP contribution in [0.1, 0.15) is 108 Å². The lowest BCUT2D eigenvalue weighted by Gasteiger charge is -2.38. The number of nitrogens with zero attached hydrogens (tertiary/aromatic N) is 1. The number of hydrogen-bond donors (Lipinski definition) is 9. The van der Waals surface area contributed by atoms with Crippen molar-refractivity contribution in [1.82, 2.24) is 42.1 Å². The molecule has 1 aliphatic heterocycles. The number of alkyl carbamates (subject to hydrolysis) is 1. The van der Waals surface area contributed by atoms with E-state index in [9.17, 15) is 33.9 Å². The van der Waals surface area contributed by atoms with Crippen molar-refractivity contribution in [3.05, 3.63) is 215 Å². The lowest BCUT2D eigenvalue weighted by Crippen LogP contribution is -2.59. The Morgan fingerprint density at radius 3 is 1.43 bits per heavy atom. The van der Waals surface area contributed by atoms with Crippen LogP contribution in [0, 0.1) is 5.92 Å². The fourth-order valence-electron chi connectivity index (χ4n) is 11.3. The van der Waals surface area contributed by atoms with Gasteiger partial charge in [-0.15, -0.1) is 11.8 Å². The summed E-state index contributed by atoms with van der Waals surface area (Å²) in [5, 5.41) is 29.7. The Balaban J connectivity index is 1.23. The number of nitrogens with two attached hydrogens (primary N) is 1. The predicted molar refractivity (Wildman–Crippen MR) is 359 cm³/mol. The lowest BCUT2D eigenvalue weighted by molar-refractivity contribution is -0.150. The maximum atomic E-state index is 15.7. The van der Waals surface area contributed by atoms with E-state index in [1.807, 2.05) is 203 Å². The first-order valence-electron chi connectivity index (χ1n) is 31.4. The molecule has 1 fully saturated rings. The van der Waals surface area contributed by atoms with Crippen LogP contribution in [0.4, 0.5) is 4.79 Å². The van der Waals surface area contributed by atoms with E-state index < -0.39 is 137 Å². The molecule has 22 heteroatoms. The van der Waals surface area contributed by atoms with Crippen LogP contribution in [0.25, 0.3) is 0 Å². The zero-order valence-electron chi connectivity index (χ0n) is 54.4. The summed E-state index contributed by atoms with van der Waals surface area (Å²) in [4.78, 5) is 128. The van der Waals surface area contributed by atoms with Gasteiger partial charge >= 0.3 is 12.1 Å². The quantitative estimate of drug-likeness (QED) is 0.0222. The van der Waals surface area contributed by atoms with Crippen LogP contribution < -0.4 is 43.0 Å². The van der Waals surface area contributed by atoms with E-state index in [0.717, 1.165) is 21.6 Å². The minimum atomic E-state index is -1.76. The van der Waals surface area contributed by atoms with Crippen LogP contribution in [0.15, 0.2) is 182 Å². The molecule has 0 aliphatic carbocycles. The van der Waals surface area contributed by atoms with Crippen LogP contribution in [0.2, 0.25) is 0 Å². The molecule has 7 atom stereocenters. The Morgan fingerprint density at radius 1 is 0.564 bits per heavy atom. The van der Waals surface area contributed by atoms with E-state index in [4.69, 9.17) is 15.2 Å². The minimum absolute atomic E-state index is 0.0879. The number of thioether (sulfide) groups is 1. The third-order valence-corrected chi connectivity index (χ3v) is 17.5. The Kier molecular flexibility index (Phi) is 25.3. The summed E-state index contributed by atoms with van der Waals surface area (Å²) < 4.78 is 10.4. The number of carboxylic acids is 1. The number of aliphatic carboxylic acids is 1. The second-order valence-corrected chi connectivity index (χ2v) is 26.4. The van der Waals surface area contributed by atoms with Gasteiger partial charge in [-0.2, -0.15) is 0 Å². The number of likely N-dealkylation sites (tertiary alicyclic amines) is 1. The molecule has 0 aromatic heterocycles. The van der Waals surface area contributed by atoms with Crippen LogP contribution in [0.5, 0.6) is 0 Å². The van der Waals surface area contributed by atoms with Crippen molar-refractivity contribution in [1.29, 1.82) is 0 Å². The van der Waals surface area contributed by atoms with Gasteiger partial charge in [-0.3, -0.25) is 33.6 Å². The second-order valence-electron chi connectivity index (χ2n) is 25.2. The molecule has 0 unspecified atom stereocenters. The van der Waals surface area contributed by atoms with Gasteiger partial charge < -0.3 is 62.4 Å². The molecule has 1 heterocycles. The van der Waals surface area contributed by atoms with Gasteiger partial charge in [0.05, 0.1) is 36.0 Å². The number of carbonyl (C=O) groups excluding carboxylic acids is 8. The largest absolute Gasteiger partial charge is 0.480 e. The van der Waals surface area contributed by atoms with Crippen LogP contribution >= 0.6 is 11.8 Å². The maximum absolute atomic E-state index is 15.7. The highest BCUT2D eigenvalue weighted by atomic mass is 32.2. The highest BCUT2D eigenvalue weighted by Gasteiger charge is 2.47. The molecular formula is C72H87N9O12S. The van der Waals surface area contributed by atoms with E-state index >= 15 is 14.4 Å². The Hall–Kier alpha value is -9.38. The zero-order chi connectivity index (χ0) is 68.2. The number of rotatable bonds is 29. The molecule has 0 spiro atoms. The molecule has 6 aromatic rings. The number of ether oxygens (including phenoxy) is 2. The lowest BCUT2D eigenvalue weighted by atomic mass is 9.77. The van der Waals surface area contributed by atoms with Crippen molar-refractivity contribution in [3.8, 4) is 0 Å². The summed E-state index contributed by atoms with van der Waals surface area (Å²) in [6, 6.07) is 49.3. The number of benzene rings is 6.